The van der Waals surface area contributed by atoms with Crippen molar-refractivity contribution in [2.24, 2.45) is 0 Å². The standard InChI is InChI=1S/C24H28ClFN4O2S/c1-14(2)18-8-6-7-9-21(18)32-16(5)23-28-29-24(30(23)15(3)4)33-13-22(31)27-20-11-10-17(26)12-19(20)25/h6-12,14-16H,13H2,1-5H3,(H,27,31). The lowest BCUT2D eigenvalue weighted by molar-refractivity contribution is -0.113. The number of nitrogens with one attached hydrogen (secondary N) is 1. The zero-order valence-electron chi connectivity index (χ0n) is 19.3. The Balaban J connectivity index is 1.72. The molecule has 0 aliphatic heterocycles. The van der Waals surface area contributed by atoms with Crippen LogP contribution in [0.2, 0.25) is 5.02 Å². The van der Waals surface area contributed by atoms with E-state index in [1.54, 1.807) is 0 Å². The molecule has 9 heteroatoms. The number of thioether (sulfide) groups is 1. The van der Waals surface area contributed by atoms with Crippen molar-refractivity contribution in [1.29, 1.82) is 0 Å². The van der Waals surface area contributed by atoms with Crippen LogP contribution in [0.1, 0.15) is 64.1 Å². The monoisotopic (exact) mass is 490 g/mol. The summed E-state index contributed by atoms with van der Waals surface area (Å²) in [5, 5.41) is 12.1. The van der Waals surface area contributed by atoms with Crippen molar-refractivity contribution in [3.8, 4) is 5.75 Å². The average molecular weight is 491 g/mol. The molecule has 3 aromatic rings. The number of ether oxygens (including phenoxy) is 1. The number of para-hydroxylation sites is 1. The van der Waals surface area contributed by atoms with Gasteiger partial charge in [0.1, 0.15) is 11.6 Å². The third-order valence-electron chi connectivity index (χ3n) is 4.95. The summed E-state index contributed by atoms with van der Waals surface area (Å²) < 4.78 is 21.5. The topological polar surface area (TPSA) is 69.0 Å². The van der Waals surface area contributed by atoms with E-state index in [4.69, 9.17) is 16.3 Å². The number of amides is 1. The van der Waals surface area contributed by atoms with E-state index in [1.165, 1.54) is 23.9 Å². The number of hydrogen-bond acceptors (Lipinski definition) is 5. The molecule has 1 atom stereocenters. The van der Waals surface area contributed by atoms with Crippen LogP contribution in [0.25, 0.3) is 0 Å². The fourth-order valence-electron chi connectivity index (χ4n) is 3.36. The zero-order valence-corrected chi connectivity index (χ0v) is 20.9. The summed E-state index contributed by atoms with van der Waals surface area (Å²) in [6.07, 6.45) is -0.332. The first kappa shape index (κ1) is 25.1. The van der Waals surface area contributed by atoms with E-state index in [2.05, 4.69) is 35.4 Å². The number of rotatable bonds is 9. The minimum atomic E-state index is -0.461. The van der Waals surface area contributed by atoms with Crippen LogP contribution in [0.15, 0.2) is 47.6 Å². The molecule has 6 nitrogen and oxygen atoms in total. The molecule has 1 unspecified atom stereocenters. The summed E-state index contributed by atoms with van der Waals surface area (Å²) in [4.78, 5) is 12.4. The van der Waals surface area contributed by atoms with Gasteiger partial charge in [-0.3, -0.25) is 4.79 Å². The summed E-state index contributed by atoms with van der Waals surface area (Å²) in [5.74, 6) is 1.21. The van der Waals surface area contributed by atoms with Gasteiger partial charge >= 0.3 is 0 Å². The second-order valence-electron chi connectivity index (χ2n) is 8.22. The summed E-state index contributed by atoms with van der Waals surface area (Å²) in [6.45, 7) is 10.3. The van der Waals surface area contributed by atoms with E-state index in [0.29, 0.717) is 22.6 Å². The second-order valence-corrected chi connectivity index (χ2v) is 9.57. The third-order valence-corrected chi connectivity index (χ3v) is 6.21. The Hall–Kier alpha value is -2.58. The number of hydrogen-bond donors (Lipinski definition) is 1. The molecule has 176 valence electrons. The van der Waals surface area contributed by atoms with Gasteiger partial charge in [0.2, 0.25) is 5.91 Å². The van der Waals surface area contributed by atoms with Crippen molar-refractivity contribution in [1.82, 2.24) is 14.8 Å². The fraction of sp³-hybridized carbons (Fsp3) is 0.375. The molecule has 0 spiro atoms. The van der Waals surface area contributed by atoms with E-state index in [9.17, 15) is 9.18 Å². The molecule has 2 aromatic carbocycles. The van der Waals surface area contributed by atoms with Crippen molar-refractivity contribution < 1.29 is 13.9 Å². The molecule has 0 saturated heterocycles. The van der Waals surface area contributed by atoms with Crippen molar-refractivity contribution >= 4 is 35.0 Å². The number of aromatic nitrogens is 3. The maximum absolute atomic E-state index is 13.2. The van der Waals surface area contributed by atoms with Crippen molar-refractivity contribution in [2.45, 2.75) is 57.8 Å². The Kier molecular flexibility index (Phi) is 8.37. The van der Waals surface area contributed by atoms with Gasteiger partial charge in [0, 0.05) is 6.04 Å². The molecule has 1 heterocycles. The van der Waals surface area contributed by atoms with Gasteiger partial charge in [0.25, 0.3) is 0 Å². The van der Waals surface area contributed by atoms with Gasteiger partial charge in [-0.25, -0.2) is 4.39 Å². The van der Waals surface area contributed by atoms with Crippen LogP contribution >= 0.6 is 23.4 Å². The molecule has 1 amide bonds. The molecular weight excluding hydrogens is 463 g/mol. The van der Waals surface area contributed by atoms with Crippen LogP contribution in [0.5, 0.6) is 5.75 Å². The first-order chi connectivity index (χ1) is 15.7. The van der Waals surface area contributed by atoms with E-state index >= 15 is 0 Å². The van der Waals surface area contributed by atoms with Crippen molar-refractivity contribution in [3.63, 3.8) is 0 Å². The van der Waals surface area contributed by atoms with Gasteiger partial charge in [-0.05, 0) is 56.5 Å². The largest absolute Gasteiger partial charge is 0.482 e. The lowest BCUT2D eigenvalue weighted by Crippen LogP contribution is -2.17. The average Bonchev–Trinajstić information content (AvgIpc) is 3.19. The molecule has 1 aromatic heterocycles. The highest BCUT2D eigenvalue weighted by atomic mass is 35.5. The number of nitrogens with zero attached hydrogens (tertiary/aromatic N) is 3. The maximum Gasteiger partial charge on any atom is 0.234 e. The minimum Gasteiger partial charge on any atom is -0.482 e. The maximum atomic E-state index is 13.2. The van der Waals surface area contributed by atoms with Crippen LogP contribution in [-0.4, -0.2) is 26.4 Å². The Morgan fingerprint density at radius 3 is 2.55 bits per heavy atom. The molecule has 1 N–H and O–H groups in total. The number of benzene rings is 2. The SMILES string of the molecule is CC(C)c1ccccc1OC(C)c1nnc(SCC(=O)Nc2ccc(F)cc2Cl)n1C(C)C. The predicted molar refractivity (Wildman–Crippen MR) is 131 cm³/mol. The highest BCUT2D eigenvalue weighted by Crippen LogP contribution is 2.32. The molecular formula is C24H28ClFN4O2S. The summed E-state index contributed by atoms with van der Waals surface area (Å²) in [7, 11) is 0. The second kappa shape index (κ2) is 11.0. The lowest BCUT2D eigenvalue weighted by Gasteiger charge is -2.21. The molecule has 0 aliphatic carbocycles. The van der Waals surface area contributed by atoms with Gasteiger partial charge < -0.3 is 14.6 Å². The third kappa shape index (κ3) is 6.26. The highest BCUT2D eigenvalue weighted by molar-refractivity contribution is 7.99. The van der Waals surface area contributed by atoms with Crippen LogP contribution < -0.4 is 10.1 Å². The van der Waals surface area contributed by atoms with Gasteiger partial charge in [-0.2, -0.15) is 0 Å². The molecule has 0 fully saturated rings. The van der Waals surface area contributed by atoms with Crippen molar-refractivity contribution in [3.05, 3.63) is 64.7 Å². The number of carbonyl (C=O) groups excluding carboxylic acids is 1. The van der Waals surface area contributed by atoms with E-state index in [-0.39, 0.29) is 28.8 Å². The summed E-state index contributed by atoms with van der Waals surface area (Å²) in [5.41, 5.74) is 1.49. The van der Waals surface area contributed by atoms with Gasteiger partial charge in [0.15, 0.2) is 17.1 Å². The number of carbonyl (C=O) groups is 1. The Bertz CT molecular complexity index is 1120. The summed E-state index contributed by atoms with van der Waals surface area (Å²) >= 11 is 7.26. The molecule has 0 radical (unpaired) electrons. The quantitative estimate of drug-likeness (QED) is 0.340. The van der Waals surface area contributed by atoms with E-state index in [0.717, 1.165) is 17.4 Å². The van der Waals surface area contributed by atoms with Gasteiger partial charge in [-0.1, -0.05) is 55.4 Å². The Labute approximate surface area is 202 Å². The van der Waals surface area contributed by atoms with Crippen molar-refractivity contribution in [2.75, 3.05) is 11.1 Å². The molecule has 33 heavy (non-hydrogen) atoms. The van der Waals surface area contributed by atoms with Gasteiger partial charge in [-0.15, -0.1) is 10.2 Å². The first-order valence-electron chi connectivity index (χ1n) is 10.8. The predicted octanol–water partition coefficient (Wildman–Crippen LogP) is 6.65. The Morgan fingerprint density at radius 1 is 1.15 bits per heavy atom. The lowest BCUT2D eigenvalue weighted by atomic mass is 10.0. The summed E-state index contributed by atoms with van der Waals surface area (Å²) in [6, 6.07) is 11.9. The van der Waals surface area contributed by atoms with Crippen LogP contribution in [-0.2, 0) is 4.79 Å². The van der Waals surface area contributed by atoms with Crippen LogP contribution in [0.4, 0.5) is 10.1 Å². The molecule has 0 bridgehead atoms. The van der Waals surface area contributed by atoms with E-state index < -0.39 is 5.82 Å². The number of anilines is 1. The molecule has 0 saturated carbocycles. The van der Waals surface area contributed by atoms with Gasteiger partial charge in [0.05, 0.1) is 16.5 Å². The highest BCUT2D eigenvalue weighted by Gasteiger charge is 2.23. The fourth-order valence-corrected chi connectivity index (χ4v) is 4.45. The first-order valence-corrected chi connectivity index (χ1v) is 12.1. The minimum absolute atomic E-state index is 0.0681. The normalized spacial score (nSPS) is 12.3. The molecule has 0 aliphatic rings. The smallest absolute Gasteiger partial charge is 0.234 e. The molecule has 3 rings (SSSR count). The van der Waals surface area contributed by atoms with E-state index in [1.807, 2.05) is 43.5 Å². The van der Waals surface area contributed by atoms with Crippen LogP contribution in [0, 0.1) is 5.82 Å². The van der Waals surface area contributed by atoms with Crippen LogP contribution in [0.3, 0.4) is 0 Å². The zero-order chi connectivity index (χ0) is 24.1. The number of halogens is 2. The Morgan fingerprint density at radius 2 is 1.88 bits per heavy atom.